The van der Waals surface area contributed by atoms with Crippen LogP contribution in [0.2, 0.25) is 5.02 Å². The average Bonchev–Trinajstić information content (AvgIpc) is 3.14. The molecule has 2 aromatic carbocycles. The maximum absolute atomic E-state index is 12.6. The molecule has 2 heterocycles. The quantitative estimate of drug-likeness (QED) is 0.468. The van der Waals surface area contributed by atoms with Crippen molar-refractivity contribution in [2.75, 3.05) is 12.4 Å². The largest absolute Gasteiger partial charge is 0.495 e. The number of benzene rings is 2. The number of rotatable bonds is 6. The number of imidazole rings is 1. The summed E-state index contributed by atoms with van der Waals surface area (Å²) < 4.78 is 12.9. The number of amides is 1. The summed E-state index contributed by atoms with van der Waals surface area (Å²) in [5, 5.41) is 3.25. The van der Waals surface area contributed by atoms with Gasteiger partial charge in [-0.3, -0.25) is 4.79 Å². The molecule has 0 saturated carbocycles. The molecule has 4 rings (SSSR count). The Morgan fingerprint density at radius 3 is 2.80 bits per heavy atom. The second-order valence-electron chi connectivity index (χ2n) is 6.82. The Bertz CT molecular complexity index is 1220. The fraction of sp³-hybridized carbons (Fsp3) is 0.130. The molecule has 0 aliphatic heterocycles. The van der Waals surface area contributed by atoms with Crippen LogP contribution in [0, 0.1) is 6.92 Å². The van der Waals surface area contributed by atoms with Crippen LogP contribution in [-0.4, -0.2) is 22.4 Å². The molecule has 0 radical (unpaired) electrons. The van der Waals surface area contributed by atoms with Gasteiger partial charge < -0.3 is 19.2 Å². The maximum atomic E-state index is 12.6. The highest BCUT2D eigenvalue weighted by Gasteiger charge is 2.10. The van der Waals surface area contributed by atoms with Gasteiger partial charge in [-0.1, -0.05) is 23.7 Å². The summed E-state index contributed by atoms with van der Waals surface area (Å²) in [7, 11) is 1.54. The van der Waals surface area contributed by atoms with Crippen molar-refractivity contribution in [3.63, 3.8) is 0 Å². The molecule has 2 aromatic heterocycles. The first-order valence-corrected chi connectivity index (χ1v) is 9.71. The van der Waals surface area contributed by atoms with Crippen LogP contribution < -0.4 is 14.8 Å². The summed E-state index contributed by atoms with van der Waals surface area (Å²) in [6.07, 6.45) is 3.95. The minimum atomic E-state index is -0.259. The van der Waals surface area contributed by atoms with Crippen LogP contribution in [0.25, 0.3) is 5.65 Å². The molecule has 7 heteroatoms. The van der Waals surface area contributed by atoms with Crippen LogP contribution in [0.5, 0.6) is 11.5 Å². The van der Waals surface area contributed by atoms with E-state index in [1.165, 1.54) is 7.11 Å². The van der Waals surface area contributed by atoms with Crippen molar-refractivity contribution in [2.45, 2.75) is 13.5 Å². The standard InChI is InChI=1S/C23H20ClN3O3/c1-15-6-9-22-25-18(13-27(22)12-15)14-30-19-5-3-4-16(10-19)23(28)26-17-7-8-21(29-2)20(24)11-17/h3-13H,14H2,1-2H3,(H,26,28). The molecule has 6 nitrogen and oxygen atoms in total. The van der Waals surface area contributed by atoms with E-state index in [-0.39, 0.29) is 5.91 Å². The Labute approximate surface area is 179 Å². The third kappa shape index (κ3) is 4.39. The Balaban J connectivity index is 1.43. The molecule has 0 atom stereocenters. The molecule has 30 heavy (non-hydrogen) atoms. The average molecular weight is 422 g/mol. The number of carbonyl (C=O) groups is 1. The number of halogens is 1. The van der Waals surface area contributed by atoms with Gasteiger partial charge in [-0.2, -0.15) is 0 Å². The fourth-order valence-corrected chi connectivity index (χ4v) is 3.31. The van der Waals surface area contributed by atoms with Gasteiger partial charge in [-0.25, -0.2) is 4.98 Å². The van der Waals surface area contributed by atoms with E-state index in [1.54, 1.807) is 42.5 Å². The molecule has 0 aliphatic rings. The minimum absolute atomic E-state index is 0.259. The van der Waals surface area contributed by atoms with Crippen molar-refractivity contribution in [1.29, 1.82) is 0 Å². The van der Waals surface area contributed by atoms with Gasteiger partial charge in [0.1, 0.15) is 23.8 Å². The van der Waals surface area contributed by atoms with Crippen LogP contribution in [0.15, 0.2) is 67.0 Å². The highest BCUT2D eigenvalue weighted by atomic mass is 35.5. The number of aromatic nitrogens is 2. The maximum Gasteiger partial charge on any atom is 0.255 e. The topological polar surface area (TPSA) is 64.9 Å². The highest BCUT2D eigenvalue weighted by molar-refractivity contribution is 6.32. The number of nitrogens with one attached hydrogen (secondary N) is 1. The van der Waals surface area contributed by atoms with Crippen LogP contribution in [0.4, 0.5) is 5.69 Å². The Morgan fingerprint density at radius 1 is 1.13 bits per heavy atom. The lowest BCUT2D eigenvalue weighted by molar-refractivity contribution is 0.102. The van der Waals surface area contributed by atoms with Crippen LogP contribution >= 0.6 is 11.6 Å². The number of carbonyl (C=O) groups excluding carboxylic acids is 1. The molecule has 0 unspecified atom stereocenters. The van der Waals surface area contributed by atoms with E-state index in [0.29, 0.717) is 34.4 Å². The second-order valence-corrected chi connectivity index (χ2v) is 7.23. The fourth-order valence-electron chi connectivity index (χ4n) is 3.06. The lowest BCUT2D eigenvalue weighted by atomic mass is 10.2. The van der Waals surface area contributed by atoms with Crippen LogP contribution in [0.3, 0.4) is 0 Å². The molecular weight excluding hydrogens is 402 g/mol. The van der Waals surface area contributed by atoms with Gasteiger partial charge in [0.05, 0.1) is 17.8 Å². The van der Waals surface area contributed by atoms with Crippen LogP contribution in [-0.2, 0) is 6.61 Å². The van der Waals surface area contributed by atoms with Gasteiger partial charge >= 0.3 is 0 Å². The summed E-state index contributed by atoms with van der Waals surface area (Å²) in [6.45, 7) is 2.34. The lowest BCUT2D eigenvalue weighted by Crippen LogP contribution is -2.12. The molecule has 1 N–H and O–H groups in total. The Hall–Kier alpha value is -3.51. The lowest BCUT2D eigenvalue weighted by Gasteiger charge is -2.09. The summed E-state index contributed by atoms with van der Waals surface area (Å²) >= 11 is 6.12. The first kappa shape index (κ1) is 19.8. The highest BCUT2D eigenvalue weighted by Crippen LogP contribution is 2.27. The van der Waals surface area contributed by atoms with E-state index >= 15 is 0 Å². The predicted molar refractivity (Wildman–Crippen MR) is 117 cm³/mol. The van der Waals surface area contributed by atoms with Crippen molar-refractivity contribution in [3.8, 4) is 11.5 Å². The molecule has 0 bridgehead atoms. The predicted octanol–water partition coefficient (Wildman–Crippen LogP) is 5.14. The number of ether oxygens (including phenoxy) is 2. The van der Waals surface area contributed by atoms with Crippen molar-refractivity contribution in [2.24, 2.45) is 0 Å². The van der Waals surface area contributed by atoms with Gasteiger partial charge in [0.15, 0.2) is 0 Å². The van der Waals surface area contributed by atoms with Gasteiger partial charge in [-0.15, -0.1) is 0 Å². The number of hydrogen-bond acceptors (Lipinski definition) is 4. The normalized spacial score (nSPS) is 10.8. The van der Waals surface area contributed by atoms with Gasteiger partial charge in [0, 0.05) is 23.6 Å². The molecule has 0 aliphatic carbocycles. The van der Waals surface area contributed by atoms with Crippen molar-refractivity contribution in [1.82, 2.24) is 9.38 Å². The van der Waals surface area contributed by atoms with Crippen molar-refractivity contribution < 1.29 is 14.3 Å². The molecule has 4 aromatic rings. The zero-order chi connectivity index (χ0) is 21.1. The number of hydrogen-bond donors (Lipinski definition) is 1. The minimum Gasteiger partial charge on any atom is -0.495 e. The third-order valence-corrected chi connectivity index (χ3v) is 4.84. The monoisotopic (exact) mass is 421 g/mol. The molecule has 152 valence electrons. The summed E-state index contributed by atoms with van der Waals surface area (Å²) in [4.78, 5) is 17.1. The SMILES string of the molecule is COc1ccc(NC(=O)c2cccc(OCc3cn4cc(C)ccc4n3)c2)cc1Cl. The number of anilines is 1. The smallest absolute Gasteiger partial charge is 0.255 e. The van der Waals surface area contributed by atoms with Crippen LogP contribution in [0.1, 0.15) is 21.6 Å². The number of pyridine rings is 1. The van der Waals surface area contributed by atoms with E-state index in [0.717, 1.165) is 16.9 Å². The van der Waals surface area contributed by atoms with E-state index in [2.05, 4.69) is 10.3 Å². The molecule has 0 spiro atoms. The van der Waals surface area contributed by atoms with Gasteiger partial charge in [0.25, 0.3) is 5.91 Å². The van der Waals surface area contributed by atoms with E-state index in [9.17, 15) is 4.79 Å². The van der Waals surface area contributed by atoms with Crippen molar-refractivity contribution in [3.05, 3.63) is 88.8 Å². The number of aryl methyl sites for hydroxylation is 1. The van der Waals surface area contributed by atoms with Gasteiger partial charge in [-0.05, 0) is 55.0 Å². The number of methoxy groups -OCH3 is 1. The van der Waals surface area contributed by atoms with E-state index < -0.39 is 0 Å². The first-order chi connectivity index (χ1) is 14.5. The molecule has 0 fully saturated rings. The zero-order valence-electron chi connectivity index (χ0n) is 16.6. The zero-order valence-corrected chi connectivity index (χ0v) is 17.3. The molecular formula is C23H20ClN3O3. The summed E-state index contributed by atoms with van der Waals surface area (Å²) in [6, 6.07) is 16.1. The first-order valence-electron chi connectivity index (χ1n) is 9.34. The van der Waals surface area contributed by atoms with E-state index in [4.69, 9.17) is 21.1 Å². The number of nitrogens with zero attached hydrogens (tertiary/aromatic N) is 2. The third-order valence-electron chi connectivity index (χ3n) is 4.54. The Morgan fingerprint density at radius 2 is 2.00 bits per heavy atom. The van der Waals surface area contributed by atoms with Gasteiger partial charge in [0.2, 0.25) is 0 Å². The molecule has 1 amide bonds. The van der Waals surface area contributed by atoms with E-state index in [1.807, 2.05) is 35.9 Å². The second kappa shape index (κ2) is 8.47. The Kier molecular flexibility index (Phi) is 5.59. The number of fused-ring (bicyclic) bond motifs is 1. The molecule has 0 saturated heterocycles. The summed E-state index contributed by atoms with van der Waals surface area (Å²) in [5.41, 5.74) is 3.89. The summed E-state index contributed by atoms with van der Waals surface area (Å²) in [5.74, 6) is 0.876. The van der Waals surface area contributed by atoms with Crippen molar-refractivity contribution >= 4 is 28.8 Å².